The van der Waals surface area contributed by atoms with E-state index in [1.807, 2.05) is 0 Å². The number of nitrogens with zero attached hydrogens (tertiary/aromatic N) is 6. The second-order valence-corrected chi connectivity index (χ2v) is 7.09. The molecule has 0 aliphatic carbocycles. The van der Waals surface area contributed by atoms with Gasteiger partial charge in [-0.2, -0.15) is 14.6 Å². The number of likely N-dealkylation sites (tertiary alicyclic amines) is 1. The van der Waals surface area contributed by atoms with E-state index in [4.69, 9.17) is 0 Å². The van der Waals surface area contributed by atoms with Crippen molar-refractivity contribution >= 4 is 23.0 Å². The van der Waals surface area contributed by atoms with Gasteiger partial charge in [-0.1, -0.05) is 0 Å². The van der Waals surface area contributed by atoms with E-state index in [0.29, 0.717) is 29.4 Å². The number of halogens is 2. The smallest absolute Gasteiger partial charge is 0.280 e. The van der Waals surface area contributed by atoms with Crippen molar-refractivity contribution in [3.63, 3.8) is 0 Å². The van der Waals surface area contributed by atoms with Crippen LogP contribution in [0.15, 0.2) is 17.9 Å². The SMILES string of the molecule is Cc1ncsc1C(=O)N1CCCC(c2cc(C(F)F)n3ncnc3n2)C1. The Hall–Kier alpha value is -2.49. The van der Waals surface area contributed by atoms with E-state index in [2.05, 4.69) is 20.1 Å². The zero-order valence-corrected chi connectivity index (χ0v) is 14.8. The first-order valence-electron chi connectivity index (χ1n) is 8.22. The first-order chi connectivity index (χ1) is 12.5. The molecule has 1 amide bonds. The van der Waals surface area contributed by atoms with Gasteiger partial charge in [0.1, 0.15) is 16.9 Å². The molecule has 4 heterocycles. The molecule has 4 rings (SSSR count). The first kappa shape index (κ1) is 17.0. The Bertz CT molecular complexity index is 955. The largest absolute Gasteiger partial charge is 0.337 e. The highest BCUT2D eigenvalue weighted by molar-refractivity contribution is 7.11. The summed E-state index contributed by atoms with van der Waals surface area (Å²) in [5, 5.41) is 3.81. The molecule has 0 saturated carbocycles. The topological polar surface area (TPSA) is 76.3 Å². The molecule has 3 aromatic rings. The predicted molar refractivity (Wildman–Crippen MR) is 90.5 cm³/mol. The highest BCUT2D eigenvalue weighted by Crippen LogP contribution is 2.30. The molecule has 0 spiro atoms. The zero-order chi connectivity index (χ0) is 18.3. The fourth-order valence-corrected chi connectivity index (χ4v) is 4.04. The van der Waals surface area contributed by atoms with Gasteiger partial charge in [-0.3, -0.25) is 4.79 Å². The fraction of sp³-hybridized carbons (Fsp3) is 0.438. The number of carbonyl (C=O) groups excluding carboxylic acids is 1. The standard InChI is InChI=1S/C16H16F2N6OS/c1-9-13(26-8-20-9)15(25)23-4-2-3-10(6-23)11-5-12(14(17)18)24-16(22-11)19-7-21-24/h5,7-8,10,14H,2-4,6H2,1H3. The number of carbonyl (C=O) groups is 1. The number of thiazole rings is 1. The number of aryl methyl sites for hydroxylation is 1. The number of hydrogen-bond acceptors (Lipinski definition) is 6. The first-order valence-corrected chi connectivity index (χ1v) is 9.10. The van der Waals surface area contributed by atoms with E-state index < -0.39 is 6.43 Å². The number of hydrogen-bond donors (Lipinski definition) is 0. The van der Waals surface area contributed by atoms with Gasteiger partial charge < -0.3 is 4.90 Å². The molecule has 3 aromatic heterocycles. The van der Waals surface area contributed by atoms with Crippen LogP contribution in [-0.2, 0) is 0 Å². The molecule has 0 bridgehead atoms. The minimum absolute atomic E-state index is 0.0626. The second kappa shape index (κ2) is 6.67. The lowest BCUT2D eigenvalue weighted by molar-refractivity contribution is 0.0709. The van der Waals surface area contributed by atoms with Crippen molar-refractivity contribution in [1.82, 2.24) is 29.5 Å². The number of rotatable bonds is 3. The van der Waals surface area contributed by atoms with Crippen molar-refractivity contribution in [3.05, 3.63) is 39.9 Å². The van der Waals surface area contributed by atoms with Gasteiger partial charge in [-0.25, -0.2) is 18.7 Å². The van der Waals surface area contributed by atoms with Crippen LogP contribution in [0.2, 0.25) is 0 Å². The molecule has 1 fully saturated rings. The summed E-state index contributed by atoms with van der Waals surface area (Å²) < 4.78 is 27.8. The van der Waals surface area contributed by atoms with Crippen molar-refractivity contribution in [2.75, 3.05) is 13.1 Å². The van der Waals surface area contributed by atoms with E-state index in [-0.39, 0.29) is 23.3 Å². The summed E-state index contributed by atoms with van der Waals surface area (Å²) in [4.78, 5) is 27.6. The number of aromatic nitrogens is 5. The van der Waals surface area contributed by atoms with Crippen LogP contribution in [0.3, 0.4) is 0 Å². The third-order valence-electron chi connectivity index (χ3n) is 4.59. The number of fused-ring (bicyclic) bond motifs is 1. The average Bonchev–Trinajstić information content (AvgIpc) is 3.28. The molecule has 0 aromatic carbocycles. The molecule has 1 aliphatic heterocycles. The van der Waals surface area contributed by atoms with Gasteiger partial charge in [-0.15, -0.1) is 11.3 Å². The maximum absolute atomic E-state index is 13.4. The van der Waals surface area contributed by atoms with Crippen LogP contribution in [-0.4, -0.2) is 48.5 Å². The lowest BCUT2D eigenvalue weighted by atomic mass is 9.94. The molecular formula is C16H16F2N6OS. The summed E-state index contributed by atoms with van der Waals surface area (Å²) >= 11 is 1.32. The molecule has 26 heavy (non-hydrogen) atoms. The van der Waals surface area contributed by atoms with Crippen molar-refractivity contribution in [1.29, 1.82) is 0 Å². The van der Waals surface area contributed by atoms with Gasteiger partial charge in [-0.05, 0) is 25.8 Å². The summed E-state index contributed by atoms with van der Waals surface area (Å²) in [7, 11) is 0. The van der Waals surface area contributed by atoms with Gasteiger partial charge in [0.15, 0.2) is 0 Å². The van der Waals surface area contributed by atoms with Gasteiger partial charge >= 0.3 is 0 Å². The molecule has 10 heteroatoms. The summed E-state index contributed by atoms with van der Waals surface area (Å²) in [6.07, 6.45) is 0.104. The molecule has 0 radical (unpaired) electrons. The molecule has 1 atom stereocenters. The minimum atomic E-state index is -2.68. The van der Waals surface area contributed by atoms with Crippen LogP contribution >= 0.6 is 11.3 Å². The van der Waals surface area contributed by atoms with Crippen LogP contribution in [0.5, 0.6) is 0 Å². The van der Waals surface area contributed by atoms with Crippen LogP contribution in [0.4, 0.5) is 8.78 Å². The molecule has 1 aliphatic rings. The fourth-order valence-electron chi connectivity index (χ4n) is 3.27. The third kappa shape index (κ3) is 2.94. The number of piperidine rings is 1. The van der Waals surface area contributed by atoms with E-state index >= 15 is 0 Å². The molecule has 1 unspecified atom stereocenters. The van der Waals surface area contributed by atoms with Gasteiger partial charge in [0.05, 0.1) is 16.9 Å². The van der Waals surface area contributed by atoms with Gasteiger partial charge in [0.2, 0.25) is 0 Å². The zero-order valence-electron chi connectivity index (χ0n) is 14.0. The Kier molecular flexibility index (Phi) is 4.35. The summed E-state index contributed by atoms with van der Waals surface area (Å²) in [5.74, 6) is -0.0213. The van der Waals surface area contributed by atoms with Crippen molar-refractivity contribution in [3.8, 4) is 0 Å². The quantitative estimate of drug-likeness (QED) is 0.700. The van der Waals surface area contributed by atoms with E-state index in [1.54, 1.807) is 17.3 Å². The summed E-state index contributed by atoms with van der Waals surface area (Å²) in [6, 6.07) is 1.38. The van der Waals surface area contributed by atoms with Crippen molar-refractivity contribution in [2.24, 2.45) is 0 Å². The highest BCUT2D eigenvalue weighted by Gasteiger charge is 2.29. The lowest BCUT2D eigenvalue weighted by Crippen LogP contribution is -2.39. The van der Waals surface area contributed by atoms with Gasteiger partial charge in [0, 0.05) is 19.0 Å². The second-order valence-electron chi connectivity index (χ2n) is 6.24. The Labute approximate surface area is 151 Å². The Morgan fingerprint density at radius 1 is 1.38 bits per heavy atom. The maximum atomic E-state index is 13.4. The minimum Gasteiger partial charge on any atom is -0.337 e. The monoisotopic (exact) mass is 378 g/mol. The van der Waals surface area contributed by atoms with E-state index in [0.717, 1.165) is 17.4 Å². The van der Waals surface area contributed by atoms with Crippen LogP contribution in [0.1, 0.15) is 51.9 Å². The summed E-state index contributed by atoms with van der Waals surface area (Å²) in [6.45, 7) is 2.89. The van der Waals surface area contributed by atoms with Gasteiger partial charge in [0.25, 0.3) is 18.1 Å². The Morgan fingerprint density at radius 3 is 2.96 bits per heavy atom. The van der Waals surface area contributed by atoms with E-state index in [1.165, 1.54) is 23.7 Å². The van der Waals surface area contributed by atoms with Crippen molar-refractivity contribution < 1.29 is 13.6 Å². The Morgan fingerprint density at radius 2 is 2.23 bits per heavy atom. The highest BCUT2D eigenvalue weighted by atomic mass is 32.1. The normalized spacial score (nSPS) is 18.0. The Balaban J connectivity index is 1.63. The van der Waals surface area contributed by atoms with Crippen molar-refractivity contribution in [2.45, 2.75) is 32.1 Å². The third-order valence-corrected chi connectivity index (χ3v) is 5.51. The maximum Gasteiger partial charge on any atom is 0.280 e. The molecule has 0 N–H and O–H groups in total. The average molecular weight is 378 g/mol. The number of alkyl halides is 2. The number of amides is 1. The molecule has 1 saturated heterocycles. The molecule has 136 valence electrons. The van der Waals surface area contributed by atoms with Crippen LogP contribution in [0, 0.1) is 6.92 Å². The molecular weight excluding hydrogens is 362 g/mol. The molecule has 7 nitrogen and oxygen atoms in total. The van der Waals surface area contributed by atoms with E-state index in [9.17, 15) is 13.6 Å². The predicted octanol–water partition coefficient (Wildman–Crippen LogP) is 2.85. The lowest BCUT2D eigenvalue weighted by Gasteiger charge is -2.32. The van der Waals surface area contributed by atoms with Crippen LogP contribution in [0.25, 0.3) is 5.78 Å². The van der Waals surface area contributed by atoms with Crippen LogP contribution < -0.4 is 0 Å². The summed E-state index contributed by atoms with van der Waals surface area (Å²) in [5.41, 5.74) is 2.66.